The van der Waals surface area contributed by atoms with E-state index in [4.69, 9.17) is 0 Å². The van der Waals surface area contributed by atoms with Crippen LogP contribution in [0, 0.1) is 79.9 Å². The Morgan fingerprint density at radius 1 is 0.250 bits per heavy atom. The minimum atomic E-state index is 0. The molecule has 0 saturated carbocycles. The van der Waals surface area contributed by atoms with Crippen LogP contribution in [0.2, 0.25) is 0 Å². The van der Waals surface area contributed by atoms with Crippen molar-refractivity contribution in [3.05, 3.63) is 0 Å². The summed E-state index contributed by atoms with van der Waals surface area (Å²) in [6.45, 7) is 0. The molecule has 0 aromatic rings. The third kappa shape index (κ3) is 47.5. The molecule has 8 heteroatoms. The first kappa shape index (κ1) is 83.4. The van der Waals surface area contributed by atoms with Crippen molar-refractivity contribution in [3.8, 4) is 0 Å². The van der Waals surface area contributed by atoms with Crippen molar-refractivity contribution < 1.29 is 79.9 Å². The SMILES string of the molecule is Cl.Cl.Cl.Cl.Cl.Cl.[Gd].[Gd]. The fraction of sp³-hybridized carbons (Fsp3) is 0. The Bertz CT molecular complexity index is 6.49. The molecule has 0 N–H and O–H groups in total. The maximum atomic E-state index is 0. The van der Waals surface area contributed by atoms with Crippen molar-refractivity contribution >= 4 is 74.4 Å². The van der Waals surface area contributed by atoms with E-state index in [2.05, 4.69) is 0 Å². The Hall–Kier alpha value is 4.39. The van der Waals surface area contributed by atoms with E-state index >= 15 is 0 Å². The van der Waals surface area contributed by atoms with Crippen molar-refractivity contribution in [1.29, 1.82) is 0 Å². The largest absolute Gasteiger partial charge is 0.147 e. The fourth-order valence-corrected chi connectivity index (χ4v) is 0. The predicted octanol–water partition coefficient (Wildman–Crippen LogP) is 2.53. The molecule has 0 aliphatic heterocycles. The van der Waals surface area contributed by atoms with Crippen LogP contribution in [-0.4, -0.2) is 0 Å². The monoisotopic (exact) mass is 532 g/mol. The molecule has 0 saturated heterocycles. The van der Waals surface area contributed by atoms with Crippen molar-refractivity contribution in [2.45, 2.75) is 0 Å². The zero-order chi connectivity index (χ0) is 0. The van der Waals surface area contributed by atoms with Gasteiger partial charge in [0.2, 0.25) is 0 Å². The summed E-state index contributed by atoms with van der Waals surface area (Å²) < 4.78 is 0. The van der Waals surface area contributed by atoms with E-state index < -0.39 is 0 Å². The van der Waals surface area contributed by atoms with Crippen LogP contribution in [0.15, 0.2) is 0 Å². The van der Waals surface area contributed by atoms with Crippen molar-refractivity contribution in [2.24, 2.45) is 0 Å². The normalized spacial score (nSPS) is 0. The maximum Gasteiger partial charge on any atom is 0 e. The molecule has 64 valence electrons. The standard InChI is InChI=1S/6ClH.2Gd/h6*1H;;. The first-order chi connectivity index (χ1) is 0. The zero-order valence-corrected chi connectivity index (χ0v) is 12.6. The first-order valence-electron chi connectivity index (χ1n) is 0. The molecule has 0 bridgehead atoms. The van der Waals surface area contributed by atoms with Crippen LogP contribution in [0.25, 0.3) is 0 Å². The number of halogens is 6. The van der Waals surface area contributed by atoms with Gasteiger partial charge in [-0.2, -0.15) is 0 Å². The third-order valence-corrected chi connectivity index (χ3v) is 0. The summed E-state index contributed by atoms with van der Waals surface area (Å²) in [4.78, 5) is 0. The van der Waals surface area contributed by atoms with Gasteiger partial charge in [0.15, 0.2) is 0 Å². The van der Waals surface area contributed by atoms with E-state index in [9.17, 15) is 0 Å². The van der Waals surface area contributed by atoms with E-state index in [-0.39, 0.29) is 154 Å². The number of hydrogen-bond acceptors (Lipinski definition) is 0. The van der Waals surface area contributed by atoms with Gasteiger partial charge in [-0.3, -0.25) is 0 Å². The molecule has 0 heterocycles. The Kier molecular flexibility index (Phi) is 665. The number of hydrogen-bond donors (Lipinski definition) is 0. The summed E-state index contributed by atoms with van der Waals surface area (Å²) >= 11 is 0. The molecule has 0 aliphatic rings. The van der Waals surface area contributed by atoms with Crippen LogP contribution in [0.3, 0.4) is 0 Å². The van der Waals surface area contributed by atoms with Gasteiger partial charge in [-0.25, -0.2) is 0 Å². The maximum absolute atomic E-state index is 0. The van der Waals surface area contributed by atoms with Gasteiger partial charge in [-0.05, 0) is 0 Å². The van der Waals surface area contributed by atoms with E-state index in [1.807, 2.05) is 0 Å². The zero-order valence-electron chi connectivity index (χ0n) is 3.16. The van der Waals surface area contributed by atoms with Crippen LogP contribution < -0.4 is 0 Å². The van der Waals surface area contributed by atoms with Gasteiger partial charge in [0.1, 0.15) is 0 Å². The summed E-state index contributed by atoms with van der Waals surface area (Å²) in [6, 6.07) is 0. The van der Waals surface area contributed by atoms with E-state index in [1.54, 1.807) is 0 Å². The average Bonchev–Trinajstić information content (AvgIpc) is 0. The summed E-state index contributed by atoms with van der Waals surface area (Å²) in [5, 5.41) is 0. The Labute approximate surface area is 151 Å². The fourth-order valence-electron chi connectivity index (χ4n) is 0. The van der Waals surface area contributed by atoms with E-state index in [1.165, 1.54) is 0 Å². The molecule has 0 atom stereocenters. The molecule has 0 radical (unpaired) electrons. The molecule has 0 amide bonds. The molecule has 0 fully saturated rings. The summed E-state index contributed by atoms with van der Waals surface area (Å²) in [5.41, 5.74) is 0. The van der Waals surface area contributed by atoms with Crippen LogP contribution >= 0.6 is 74.4 Å². The molecule has 0 nitrogen and oxygen atoms in total. The third-order valence-electron chi connectivity index (χ3n) is 0. The van der Waals surface area contributed by atoms with Crippen molar-refractivity contribution in [3.63, 3.8) is 0 Å². The van der Waals surface area contributed by atoms with Crippen molar-refractivity contribution in [2.75, 3.05) is 0 Å². The summed E-state index contributed by atoms with van der Waals surface area (Å²) in [6.07, 6.45) is 0. The summed E-state index contributed by atoms with van der Waals surface area (Å²) in [7, 11) is 0. The Morgan fingerprint density at radius 3 is 0.250 bits per heavy atom. The molecule has 0 aromatic carbocycles. The first-order valence-corrected chi connectivity index (χ1v) is 0. The second-order valence-electron chi connectivity index (χ2n) is 0. The topological polar surface area (TPSA) is 0 Å². The molecule has 0 rings (SSSR count). The van der Waals surface area contributed by atoms with E-state index in [0.717, 1.165) is 0 Å². The van der Waals surface area contributed by atoms with Gasteiger partial charge in [-0.15, -0.1) is 74.4 Å². The van der Waals surface area contributed by atoms with Gasteiger partial charge in [-0.1, -0.05) is 0 Å². The quantitative estimate of drug-likeness (QED) is 0.450. The molecule has 0 aromatic heterocycles. The van der Waals surface area contributed by atoms with Crippen LogP contribution in [0.4, 0.5) is 0 Å². The van der Waals surface area contributed by atoms with Crippen LogP contribution in [-0.2, 0) is 0 Å². The van der Waals surface area contributed by atoms with Gasteiger partial charge < -0.3 is 0 Å². The predicted molar refractivity (Wildman–Crippen MR) is 43.5 cm³/mol. The van der Waals surface area contributed by atoms with Gasteiger partial charge >= 0.3 is 0 Å². The molecule has 0 spiro atoms. The second-order valence-corrected chi connectivity index (χ2v) is 0. The molecule has 8 heavy (non-hydrogen) atoms. The van der Waals surface area contributed by atoms with Gasteiger partial charge in [0.25, 0.3) is 0 Å². The molecule has 0 aliphatic carbocycles. The summed E-state index contributed by atoms with van der Waals surface area (Å²) in [5.74, 6) is 0. The average molecular weight is 533 g/mol. The van der Waals surface area contributed by atoms with Gasteiger partial charge in [0, 0.05) is 79.9 Å². The van der Waals surface area contributed by atoms with E-state index in [0.29, 0.717) is 0 Å². The Morgan fingerprint density at radius 2 is 0.250 bits per heavy atom. The molecule has 0 unspecified atom stereocenters. The molecular formula is H6Cl6Gd2. The van der Waals surface area contributed by atoms with Crippen LogP contribution in [0.1, 0.15) is 0 Å². The Balaban J connectivity index is 0. The minimum Gasteiger partial charge on any atom is -0.147 e. The smallest absolute Gasteiger partial charge is 0 e. The second kappa shape index (κ2) is 63.8. The van der Waals surface area contributed by atoms with Crippen LogP contribution in [0.5, 0.6) is 0 Å². The molecular weight excluding hydrogens is 527 g/mol. The minimum absolute atomic E-state index is 0. The van der Waals surface area contributed by atoms with Gasteiger partial charge in [0.05, 0.1) is 0 Å². The van der Waals surface area contributed by atoms with Crippen molar-refractivity contribution in [1.82, 2.24) is 0 Å². The number of rotatable bonds is 0.